The number of fused-ring (bicyclic) bond motifs is 2. The zero-order valence-electron chi connectivity index (χ0n) is 17.9. The Balaban J connectivity index is 1.48. The van der Waals surface area contributed by atoms with E-state index >= 15 is 0 Å². The summed E-state index contributed by atoms with van der Waals surface area (Å²) in [7, 11) is 1.53. The Morgan fingerprint density at radius 3 is 2.55 bits per heavy atom. The highest BCUT2D eigenvalue weighted by atomic mass is 16.5. The van der Waals surface area contributed by atoms with Crippen LogP contribution in [0.5, 0.6) is 11.5 Å². The number of rotatable bonds is 9. The van der Waals surface area contributed by atoms with Crippen molar-refractivity contribution in [2.45, 2.75) is 52.5 Å². The molecule has 0 aromatic heterocycles. The summed E-state index contributed by atoms with van der Waals surface area (Å²) in [6, 6.07) is 5.01. The highest BCUT2D eigenvalue weighted by molar-refractivity contribution is 5.92. The molecular formula is C23H33NO5. The van der Waals surface area contributed by atoms with Gasteiger partial charge in [0, 0.05) is 6.04 Å². The number of esters is 1. The molecule has 6 heteroatoms. The minimum absolute atomic E-state index is 0.119. The molecule has 4 unspecified atom stereocenters. The lowest BCUT2D eigenvalue weighted by Crippen LogP contribution is -2.42. The zero-order valence-corrected chi connectivity index (χ0v) is 17.9. The van der Waals surface area contributed by atoms with E-state index in [9.17, 15) is 9.59 Å². The van der Waals surface area contributed by atoms with Crippen molar-refractivity contribution in [2.75, 3.05) is 20.3 Å². The summed E-state index contributed by atoms with van der Waals surface area (Å²) < 4.78 is 16.2. The smallest absolute Gasteiger partial charge is 0.338 e. The van der Waals surface area contributed by atoms with E-state index in [1.165, 1.54) is 32.8 Å². The third-order valence-electron chi connectivity index (χ3n) is 6.13. The van der Waals surface area contributed by atoms with Gasteiger partial charge in [-0.25, -0.2) is 4.79 Å². The van der Waals surface area contributed by atoms with Crippen LogP contribution in [-0.4, -0.2) is 38.2 Å². The molecule has 0 aliphatic heterocycles. The lowest BCUT2D eigenvalue weighted by Gasteiger charge is -2.28. The Labute approximate surface area is 173 Å². The first-order valence-electron chi connectivity index (χ1n) is 10.6. The molecule has 160 valence electrons. The van der Waals surface area contributed by atoms with Crippen molar-refractivity contribution >= 4 is 11.9 Å². The molecular weight excluding hydrogens is 370 g/mol. The van der Waals surface area contributed by atoms with E-state index in [1.807, 2.05) is 0 Å². The van der Waals surface area contributed by atoms with Gasteiger partial charge < -0.3 is 19.5 Å². The number of amides is 1. The fourth-order valence-corrected chi connectivity index (χ4v) is 4.69. The summed E-state index contributed by atoms with van der Waals surface area (Å²) in [5, 5.41) is 3.01. The molecule has 0 radical (unpaired) electrons. The molecule has 6 nitrogen and oxygen atoms in total. The van der Waals surface area contributed by atoms with Gasteiger partial charge in [-0.15, -0.1) is 0 Å². The van der Waals surface area contributed by atoms with E-state index in [0.29, 0.717) is 35.5 Å². The Kier molecular flexibility index (Phi) is 7.04. The minimum Gasteiger partial charge on any atom is -0.493 e. The van der Waals surface area contributed by atoms with Crippen molar-refractivity contribution in [1.29, 1.82) is 0 Å². The Bertz CT molecular complexity index is 732. The van der Waals surface area contributed by atoms with E-state index in [1.54, 1.807) is 18.2 Å². The molecule has 1 amide bonds. The van der Waals surface area contributed by atoms with Gasteiger partial charge in [-0.3, -0.25) is 4.79 Å². The van der Waals surface area contributed by atoms with Crippen molar-refractivity contribution in [3.8, 4) is 11.5 Å². The van der Waals surface area contributed by atoms with Crippen LogP contribution in [0.4, 0.5) is 0 Å². The SMILES string of the molecule is COc1cc(C(=O)OCC(=O)NC(C)C2CC3CCC2C3)ccc1OCC(C)C. The summed E-state index contributed by atoms with van der Waals surface area (Å²) in [5.41, 5.74) is 0.327. The van der Waals surface area contributed by atoms with E-state index in [2.05, 4.69) is 26.1 Å². The number of hydrogen-bond donors (Lipinski definition) is 1. The second kappa shape index (κ2) is 9.51. The average molecular weight is 404 g/mol. The number of hydrogen-bond acceptors (Lipinski definition) is 5. The molecule has 4 atom stereocenters. The summed E-state index contributed by atoms with van der Waals surface area (Å²) in [5.74, 6) is 2.75. The molecule has 2 aliphatic rings. The summed E-state index contributed by atoms with van der Waals surface area (Å²) in [4.78, 5) is 24.6. The quantitative estimate of drug-likeness (QED) is 0.635. The summed E-state index contributed by atoms with van der Waals surface area (Å²) >= 11 is 0. The molecule has 2 saturated carbocycles. The van der Waals surface area contributed by atoms with Gasteiger partial charge in [0.25, 0.3) is 5.91 Å². The Morgan fingerprint density at radius 2 is 1.93 bits per heavy atom. The second-order valence-electron chi connectivity index (χ2n) is 8.84. The molecule has 29 heavy (non-hydrogen) atoms. The molecule has 0 heterocycles. The van der Waals surface area contributed by atoms with Crippen LogP contribution in [0.15, 0.2) is 18.2 Å². The monoisotopic (exact) mass is 403 g/mol. The van der Waals surface area contributed by atoms with Crippen LogP contribution in [0.3, 0.4) is 0 Å². The summed E-state index contributed by atoms with van der Waals surface area (Å²) in [6.07, 6.45) is 5.13. The van der Waals surface area contributed by atoms with Crippen LogP contribution >= 0.6 is 0 Å². The van der Waals surface area contributed by atoms with Gasteiger partial charge in [-0.2, -0.15) is 0 Å². The number of methoxy groups -OCH3 is 1. The predicted octanol–water partition coefficient (Wildman–Crippen LogP) is 3.83. The first-order valence-corrected chi connectivity index (χ1v) is 10.6. The highest BCUT2D eigenvalue weighted by Gasteiger charge is 2.42. The maximum absolute atomic E-state index is 12.3. The summed E-state index contributed by atoms with van der Waals surface area (Å²) in [6.45, 7) is 6.45. The first kappa shape index (κ1) is 21.5. The van der Waals surface area contributed by atoms with Crippen LogP contribution in [-0.2, 0) is 9.53 Å². The van der Waals surface area contributed by atoms with Crippen LogP contribution in [0, 0.1) is 23.7 Å². The molecule has 0 spiro atoms. The highest BCUT2D eigenvalue weighted by Crippen LogP contribution is 2.49. The predicted molar refractivity (Wildman–Crippen MR) is 110 cm³/mol. The minimum atomic E-state index is -0.554. The molecule has 2 fully saturated rings. The normalized spacial score (nSPS) is 23.7. The van der Waals surface area contributed by atoms with Crippen LogP contribution < -0.4 is 14.8 Å². The molecule has 1 aromatic carbocycles. The average Bonchev–Trinajstić information content (AvgIpc) is 3.34. The number of nitrogens with one attached hydrogen (secondary N) is 1. The molecule has 2 aliphatic carbocycles. The van der Waals surface area contributed by atoms with Crippen LogP contribution in [0.25, 0.3) is 0 Å². The van der Waals surface area contributed by atoms with Crippen molar-refractivity contribution in [1.82, 2.24) is 5.32 Å². The standard InChI is InChI=1S/C23H33NO5/c1-14(2)12-28-20-8-7-18(11-21(20)27-4)23(26)29-13-22(25)24-15(3)19-10-16-5-6-17(19)9-16/h7-8,11,14-17,19H,5-6,9-10,12-13H2,1-4H3,(H,24,25). The molecule has 3 rings (SSSR count). The maximum Gasteiger partial charge on any atom is 0.338 e. The first-order chi connectivity index (χ1) is 13.9. The van der Waals surface area contributed by atoms with Crippen molar-refractivity contribution in [3.05, 3.63) is 23.8 Å². The van der Waals surface area contributed by atoms with Crippen molar-refractivity contribution in [3.63, 3.8) is 0 Å². The fourth-order valence-electron chi connectivity index (χ4n) is 4.69. The fraction of sp³-hybridized carbons (Fsp3) is 0.652. The van der Waals surface area contributed by atoms with Gasteiger partial charge in [0.15, 0.2) is 18.1 Å². The zero-order chi connectivity index (χ0) is 21.0. The van der Waals surface area contributed by atoms with Gasteiger partial charge in [0.1, 0.15) is 0 Å². The van der Waals surface area contributed by atoms with E-state index in [4.69, 9.17) is 14.2 Å². The third-order valence-corrected chi connectivity index (χ3v) is 6.13. The van der Waals surface area contributed by atoms with Gasteiger partial charge >= 0.3 is 5.97 Å². The van der Waals surface area contributed by atoms with Crippen molar-refractivity contribution in [2.24, 2.45) is 23.7 Å². The largest absolute Gasteiger partial charge is 0.493 e. The third kappa shape index (κ3) is 5.43. The number of ether oxygens (including phenoxy) is 3. The Morgan fingerprint density at radius 1 is 1.14 bits per heavy atom. The molecule has 2 bridgehead atoms. The van der Waals surface area contributed by atoms with Gasteiger partial charge in [-0.05, 0) is 68.1 Å². The second-order valence-corrected chi connectivity index (χ2v) is 8.84. The lowest BCUT2D eigenvalue weighted by atomic mass is 9.84. The number of carbonyl (C=O) groups is 2. The van der Waals surface area contributed by atoms with E-state index < -0.39 is 5.97 Å². The lowest BCUT2D eigenvalue weighted by molar-refractivity contribution is -0.125. The van der Waals surface area contributed by atoms with Crippen LogP contribution in [0.2, 0.25) is 0 Å². The number of benzene rings is 1. The van der Waals surface area contributed by atoms with E-state index in [-0.39, 0.29) is 18.6 Å². The molecule has 1 aromatic rings. The topological polar surface area (TPSA) is 73.9 Å². The van der Waals surface area contributed by atoms with Crippen molar-refractivity contribution < 1.29 is 23.8 Å². The van der Waals surface area contributed by atoms with E-state index in [0.717, 1.165) is 11.8 Å². The number of carbonyl (C=O) groups excluding carboxylic acids is 2. The Hall–Kier alpha value is -2.24. The molecule has 1 N–H and O–H groups in total. The van der Waals surface area contributed by atoms with Gasteiger partial charge in [0.2, 0.25) is 0 Å². The molecule has 0 saturated heterocycles. The maximum atomic E-state index is 12.3. The van der Waals surface area contributed by atoms with Gasteiger partial charge in [-0.1, -0.05) is 20.3 Å². The van der Waals surface area contributed by atoms with Crippen LogP contribution in [0.1, 0.15) is 56.8 Å². The van der Waals surface area contributed by atoms with Gasteiger partial charge in [0.05, 0.1) is 19.3 Å².